The van der Waals surface area contributed by atoms with Crippen LogP contribution in [0.5, 0.6) is 0 Å². The smallest absolute Gasteiger partial charge is 0.833 e. The van der Waals surface area contributed by atoms with Crippen LogP contribution in [-0.4, -0.2) is 43.9 Å². The van der Waals surface area contributed by atoms with Gasteiger partial charge in [0.15, 0.2) is 0 Å². The van der Waals surface area contributed by atoms with Crippen LogP contribution in [0.25, 0.3) is 0 Å². The molecule has 0 amide bonds. The molecule has 0 aromatic heterocycles. The molecule has 88 valence electrons. The first-order valence-corrected chi connectivity index (χ1v) is 4.24. The molecule has 2 rings (SSSR count). The van der Waals surface area contributed by atoms with E-state index in [1.54, 1.807) is 0 Å². The second-order valence-electron chi connectivity index (χ2n) is 2.68. The topological polar surface area (TPSA) is 157 Å². The predicted octanol–water partition coefficient (Wildman–Crippen LogP) is -7.52. The Morgan fingerprint density at radius 3 is 1.05 bits per heavy atom. The molecule has 2 saturated heterocycles. The van der Waals surface area contributed by atoms with E-state index in [-0.39, 0.29) is 39.0 Å². The van der Waals surface area contributed by atoms with Crippen molar-refractivity contribution >= 4 is 43.9 Å². The standard InChI is InChI=1S/B6O11.2Zn/c7-1-11-2(8)14-5(13-1)17-6-15-3(9)12-4(10)16-6;;/q-4;2*+2. The average molecular weight is 372 g/mol. The number of hydrogen-bond acceptors (Lipinski definition) is 11. The summed E-state index contributed by atoms with van der Waals surface area (Å²) in [6.45, 7) is 0. The van der Waals surface area contributed by atoms with E-state index in [4.69, 9.17) is 0 Å². The largest absolute Gasteiger partial charge is 2.00 e. The van der Waals surface area contributed by atoms with Crippen molar-refractivity contribution in [1.82, 2.24) is 0 Å². The molecule has 0 N–H and O–H groups in total. The van der Waals surface area contributed by atoms with E-state index in [1.807, 2.05) is 0 Å². The van der Waals surface area contributed by atoms with E-state index in [0.29, 0.717) is 0 Å². The molecule has 2 fully saturated rings. The summed E-state index contributed by atoms with van der Waals surface area (Å²) in [5.41, 5.74) is 0. The van der Waals surface area contributed by atoms with E-state index < -0.39 is 43.9 Å². The molecule has 19 heteroatoms. The van der Waals surface area contributed by atoms with Gasteiger partial charge < -0.3 is 52.1 Å². The molecule has 19 heavy (non-hydrogen) atoms. The quantitative estimate of drug-likeness (QED) is 0.424. The monoisotopic (exact) mass is 370 g/mol. The van der Waals surface area contributed by atoms with E-state index in [0.717, 1.165) is 0 Å². The predicted molar refractivity (Wildman–Crippen MR) is 42.1 cm³/mol. The zero-order valence-corrected chi connectivity index (χ0v) is 15.3. The first-order chi connectivity index (χ1) is 8.02. The first kappa shape index (κ1) is 20.2. The average Bonchev–Trinajstić information content (AvgIpc) is 2.13. The molecule has 0 saturated carbocycles. The zero-order valence-electron chi connectivity index (χ0n) is 9.37. The van der Waals surface area contributed by atoms with Crippen LogP contribution in [0.1, 0.15) is 0 Å². The van der Waals surface area contributed by atoms with Crippen molar-refractivity contribution in [1.29, 1.82) is 0 Å². The van der Waals surface area contributed by atoms with Crippen molar-refractivity contribution in [2.45, 2.75) is 0 Å². The van der Waals surface area contributed by atoms with Crippen LogP contribution in [0, 0.1) is 0 Å². The Morgan fingerprint density at radius 2 is 0.789 bits per heavy atom. The third-order valence-corrected chi connectivity index (χ3v) is 1.56. The molecule has 0 aromatic carbocycles. The minimum Gasteiger partial charge on any atom is -0.833 e. The van der Waals surface area contributed by atoms with Gasteiger partial charge >= 0.3 is 82.9 Å². The molecule has 0 spiro atoms. The Morgan fingerprint density at radius 1 is 0.526 bits per heavy atom. The van der Waals surface area contributed by atoms with Crippen LogP contribution in [0.3, 0.4) is 0 Å². The second kappa shape index (κ2) is 9.26. The van der Waals surface area contributed by atoms with Gasteiger partial charge in [-0.05, 0) is 0 Å². The van der Waals surface area contributed by atoms with E-state index in [2.05, 4.69) is 32.0 Å². The van der Waals surface area contributed by atoms with Gasteiger partial charge in [0, 0.05) is 0 Å². The summed E-state index contributed by atoms with van der Waals surface area (Å²) in [5.74, 6) is 0. The van der Waals surface area contributed by atoms with Crippen molar-refractivity contribution in [3.05, 3.63) is 0 Å². The normalized spacial score (nSPS) is 20.2. The summed E-state index contributed by atoms with van der Waals surface area (Å²) in [6, 6.07) is 0. The fourth-order valence-electron chi connectivity index (χ4n) is 0.956. The maximum Gasteiger partial charge on any atom is 2.00 e. The van der Waals surface area contributed by atoms with Crippen LogP contribution >= 0.6 is 0 Å². The van der Waals surface area contributed by atoms with Crippen molar-refractivity contribution < 1.29 is 91.1 Å². The van der Waals surface area contributed by atoms with Gasteiger partial charge in [-0.25, -0.2) is 0 Å². The molecule has 0 radical (unpaired) electrons. The zero-order chi connectivity index (χ0) is 12.4. The molecular formula is B6O11Zn2. The van der Waals surface area contributed by atoms with Crippen molar-refractivity contribution in [2.75, 3.05) is 0 Å². The van der Waals surface area contributed by atoms with Gasteiger partial charge in [0.05, 0.1) is 0 Å². The van der Waals surface area contributed by atoms with Gasteiger partial charge in [0.1, 0.15) is 0 Å². The molecule has 2 heterocycles. The Hall–Kier alpha value is 1.20. The van der Waals surface area contributed by atoms with Gasteiger partial charge in [0.2, 0.25) is 0 Å². The summed E-state index contributed by atoms with van der Waals surface area (Å²) in [5, 5.41) is 42.8. The minimum absolute atomic E-state index is 0. The van der Waals surface area contributed by atoms with Gasteiger partial charge in [-0.3, -0.25) is 0 Å². The Balaban J connectivity index is 0.00000162. The fraction of sp³-hybridized carbons (Fsp3) is 0. The van der Waals surface area contributed by atoms with Crippen LogP contribution in [0.4, 0.5) is 0 Å². The molecule has 2 aliphatic heterocycles. The fourth-order valence-corrected chi connectivity index (χ4v) is 0.956. The summed E-state index contributed by atoms with van der Waals surface area (Å²) in [6.07, 6.45) is 0. The molecule has 0 aliphatic carbocycles. The van der Waals surface area contributed by atoms with E-state index >= 15 is 0 Å². The van der Waals surface area contributed by atoms with E-state index in [1.165, 1.54) is 0 Å². The Labute approximate surface area is 135 Å². The van der Waals surface area contributed by atoms with Gasteiger partial charge in [-0.15, -0.1) is 0 Å². The molecule has 2 aliphatic rings. The summed E-state index contributed by atoms with van der Waals surface area (Å²) < 4.78 is 29.7. The molecule has 0 bridgehead atoms. The van der Waals surface area contributed by atoms with Crippen molar-refractivity contribution in [3.63, 3.8) is 0 Å². The van der Waals surface area contributed by atoms with Gasteiger partial charge in [-0.2, -0.15) is 0 Å². The maximum atomic E-state index is 10.7. The van der Waals surface area contributed by atoms with Crippen LogP contribution in [0.2, 0.25) is 0 Å². The molecule has 11 nitrogen and oxygen atoms in total. The summed E-state index contributed by atoms with van der Waals surface area (Å²) >= 11 is 0. The molecule has 0 aromatic rings. The SMILES string of the molecule is [O-]B1OB([O-])OB(OB2OB([O-])OB([O-])O2)O1.[Zn+2].[Zn+2]. The number of hydrogen-bond donors (Lipinski definition) is 0. The summed E-state index contributed by atoms with van der Waals surface area (Å²) in [7, 11) is -12.1. The maximum absolute atomic E-state index is 10.7. The van der Waals surface area contributed by atoms with E-state index in [9.17, 15) is 20.1 Å². The van der Waals surface area contributed by atoms with Crippen LogP contribution in [-0.2, 0) is 71.0 Å². The van der Waals surface area contributed by atoms with Crippen molar-refractivity contribution in [2.24, 2.45) is 0 Å². The molecule has 0 atom stereocenters. The van der Waals surface area contributed by atoms with Crippen molar-refractivity contribution in [3.8, 4) is 0 Å². The first-order valence-electron chi connectivity index (χ1n) is 4.24. The third-order valence-electron chi connectivity index (χ3n) is 1.56. The Bertz CT molecular complexity index is 213. The minimum atomic E-state index is -2.12. The molecule has 0 unspecified atom stereocenters. The second-order valence-corrected chi connectivity index (χ2v) is 2.68. The number of rotatable bonds is 2. The molecular weight excluding hydrogens is 372 g/mol. The summed E-state index contributed by atoms with van der Waals surface area (Å²) in [4.78, 5) is 0. The Kier molecular flexibility index (Phi) is 9.85. The van der Waals surface area contributed by atoms with Crippen LogP contribution in [0.15, 0.2) is 0 Å². The van der Waals surface area contributed by atoms with Gasteiger partial charge in [0.25, 0.3) is 0 Å². The van der Waals surface area contributed by atoms with Gasteiger partial charge in [-0.1, -0.05) is 0 Å². The third kappa shape index (κ3) is 6.66. The van der Waals surface area contributed by atoms with Crippen LogP contribution < -0.4 is 20.1 Å².